The molecule has 0 spiro atoms. The van der Waals surface area contributed by atoms with Crippen molar-refractivity contribution >= 4 is 21.8 Å². The standard InChI is InChI=1S/C17H20BrN3O3/c1-2-3-9-24-17-13(5-4-7-20-17)11-21-14(22)10-12-6-8-19-16(23)15(12)18/h4-8H,2-3,9-11H2,1H3,(H,19,23)(H,21,22). The van der Waals surface area contributed by atoms with Crippen LogP contribution in [-0.4, -0.2) is 22.5 Å². The van der Waals surface area contributed by atoms with Gasteiger partial charge in [-0.05, 0) is 40.0 Å². The zero-order valence-corrected chi connectivity index (χ0v) is 15.1. The Labute approximate surface area is 148 Å². The highest BCUT2D eigenvalue weighted by molar-refractivity contribution is 9.10. The van der Waals surface area contributed by atoms with E-state index in [1.807, 2.05) is 12.1 Å². The molecule has 128 valence electrons. The fraction of sp³-hybridized carbons (Fsp3) is 0.353. The number of amides is 1. The second kappa shape index (κ2) is 9.22. The molecule has 2 rings (SSSR count). The molecule has 2 aromatic heterocycles. The number of hydrogen-bond donors (Lipinski definition) is 2. The number of hydrogen-bond acceptors (Lipinski definition) is 4. The number of nitrogens with zero attached hydrogens (tertiary/aromatic N) is 1. The summed E-state index contributed by atoms with van der Waals surface area (Å²) in [6.45, 7) is 3.03. The number of H-pyrrole nitrogens is 1. The number of ether oxygens (including phenoxy) is 1. The third-order valence-corrected chi connectivity index (χ3v) is 4.26. The van der Waals surface area contributed by atoms with E-state index in [9.17, 15) is 9.59 Å². The molecule has 0 saturated carbocycles. The van der Waals surface area contributed by atoms with Crippen LogP contribution in [-0.2, 0) is 17.8 Å². The predicted molar refractivity (Wildman–Crippen MR) is 95.0 cm³/mol. The molecule has 0 aliphatic carbocycles. The van der Waals surface area contributed by atoms with E-state index in [0.29, 0.717) is 29.1 Å². The Morgan fingerprint density at radius 3 is 3.00 bits per heavy atom. The van der Waals surface area contributed by atoms with Gasteiger partial charge in [-0.3, -0.25) is 9.59 Å². The highest BCUT2D eigenvalue weighted by Crippen LogP contribution is 2.15. The molecule has 6 nitrogen and oxygen atoms in total. The number of aromatic amines is 1. The van der Waals surface area contributed by atoms with Crippen molar-refractivity contribution in [1.29, 1.82) is 0 Å². The number of unbranched alkanes of at least 4 members (excludes halogenated alkanes) is 1. The Kier molecular flexibility index (Phi) is 6.99. The van der Waals surface area contributed by atoms with Gasteiger partial charge in [0.25, 0.3) is 5.56 Å². The van der Waals surface area contributed by atoms with Crippen LogP contribution in [0.1, 0.15) is 30.9 Å². The monoisotopic (exact) mass is 393 g/mol. The largest absolute Gasteiger partial charge is 0.477 e. The van der Waals surface area contributed by atoms with Crippen molar-refractivity contribution < 1.29 is 9.53 Å². The average molecular weight is 394 g/mol. The Morgan fingerprint density at radius 2 is 2.21 bits per heavy atom. The maximum atomic E-state index is 12.1. The first kappa shape index (κ1) is 18.2. The lowest BCUT2D eigenvalue weighted by molar-refractivity contribution is -0.120. The molecule has 24 heavy (non-hydrogen) atoms. The topological polar surface area (TPSA) is 84.1 Å². The van der Waals surface area contributed by atoms with E-state index in [-0.39, 0.29) is 17.9 Å². The van der Waals surface area contributed by atoms with Gasteiger partial charge in [0.2, 0.25) is 11.8 Å². The van der Waals surface area contributed by atoms with Gasteiger partial charge in [0.15, 0.2) is 0 Å². The summed E-state index contributed by atoms with van der Waals surface area (Å²) in [6.07, 6.45) is 5.32. The number of halogens is 1. The second-order valence-corrected chi connectivity index (χ2v) is 6.06. The van der Waals surface area contributed by atoms with Crippen molar-refractivity contribution in [3.63, 3.8) is 0 Å². The van der Waals surface area contributed by atoms with Gasteiger partial charge < -0.3 is 15.0 Å². The summed E-state index contributed by atoms with van der Waals surface area (Å²) in [6, 6.07) is 5.38. The van der Waals surface area contributed by atoms with Crippen LogP contribution in [0.15, 0.2) is 39.9 Å². The molecule has 0 atom stereocenters. The molecule has 7 heteroatoms. The van der Waals surface area contributed by atoms with Crippen molar-refractivity contribution in [2.24, 2.45) is 0 Å². The molecule has 2 aromatic rings. The number of aromatic nitrogens is 2. The van der Waals surface area contributed by atoms with E-state index in [2.05, 4.69) is 38.1 Å². The summed E-state index contributed by atoms with van der Waals surface area (Å²) in [5, 5.41) is 2.83. The summed E-state index contributed by atoms with van der Waals surface area (Å²) < 4.78 is 6.03. The lowest BCUT2D eigenvalue weighted by atomic mass is 10.2. The van der Waals surface area contributed by atoms with Gasteiger partial charge in [-0.1, -0.05) is 19.4 Å². The molecular weight excluding hydrogens is 374 g/mol. The van der Waals surface area contributed by atoms with Gasteiger partial charge in [-0.2, -0.15) is 0 Å². The minimum atomic E-state index is -0.251. The highest BCUT2D eigenvalue weighted by atomic mass is 79.9. The molecule has 1 amide bonds. The summed E-state index contributed by atoms with van der Waals surface area (Å²) in [5.74, 6) is 0.369. The minimum absolute atomic E-state index is 0.122. The lowest BCUT2D eigenvalue weighted by Crippen LogP contribution is -2.26. The molecule has 2 heterocycles. The molecule has 0 fully saturated rings. The first-order valence-corrected chi connectivity index (χ1v) is 8.60. The number of nitrogens with one attached hydrogen (secondary N) is 2. The molecule has 0 radical (unpaired) electrons. The molecule has 2 N–H and O–H groups in total. The molecular formula is C17H20BrN3O3. The van der Waals surface area contributed by atoms with E-state index in [0.717, 1.165) is 18.4 Å². The Bertz CT molecular complexity index is 746. The number of carbonyl (C=O) groups excluding carboxylic acids is 1. The Balaban J connectivity index is 1.94. The minimum Gasteiger partial charge on any atom is -0.477 e. The predicted octanol–water partition coefficient (Wildman–Crippen LogP) is 2.57. The molecule has 0 aliphatic rings. The zero-order chi connectivity index (χ0) is 17.4. The average Bonchev–Trinajstić information content (AvgIpc) is 2.58. The normalized spacial score (nSPS) is 10.4. The van der Waals surface area contributed by atoms with Crippen molar-refractivity contribution in [2.45, 2.75) is 32.7 Å². The van der Waals surface area contributed by atoms with E-state index < -0.39 is 0 Å². The Morgan fingerprint density at radius 1 is 1.38 bits per heavy atom. The molecule has 0 saturated heterocycles. The van der Waals surface area contributed by atoms with Crippen molar-refractivity contribution in [3.8, 4) is 5.88 Å². The van der Waals surface area contributed by atoms with Gasteiger partial charge in [0.05, 0.1) is 17.5 Å². The summed E-state index contributed by atoms with van der Waals surface area (Å²) in [4.78, 5) is 30.4. The fourth-order valence-electron chi connectivity index (χ4n) is 2.07. The molecule has 0 bridgehead atoms. The van der Waals surface area contributed by atoms with Crippen LogP contribution in [0.5, 0.6) is 5.88 Å². The summed E-state index contributed by atoms with van der Waals surface area (Å²) >= 11 is 3.20. The highest BCUT2D eigenvalue weighted by Gasteiger charge is 2.10. The first-order chi connectivity index (χ1) is 11.6. The second-order valence-electron chi connectivity index (χ2n) is 5.27. The van der Waals surface area contributed by atoms with Crippen molar-refractivity contribution in [1.82, 2.24) is 15.3 Å². The third kappa shape index (κ3) is 5.19. The maximum absolute atomic E-state index is 12.1. The number of pyridine rings is 2. The smallest absolute Gasteiger partial charge is 0.262 e. The van der Waals surface area contributed by atoms with E-state index >= 15 is 0 Å². The summed E-state index contributed by atoms with van der Waals surface area (Å²) in [5.41, 5.74) is 1.22. The SMILES string of the molecule is CCCCOc1ncccc1CNC(=O)Cc1cc[nH]c(=O)c1Br. The van der Waals surface area contributed by atoms with Crippen LogP contribution in [0.4, 0.5) is 0 Å². The quantitative estimate of drug-likeness (QED) is 0.675. The molecule has 0 unspecified atom stereocenters. The van der Waals surface area contributed by atoms with Crippen molar-refractivity contribution in [2.75, 3.05) is 6.61 Å². The van der Waals surface area contributed by atoms with Gasteiger partial charge in [-0.15, -0.1) is 0 Å². The number of rotatable bonds is 8. The van der Waals surface area contributed by atoms with Crippen LogP contribution in [0.2, 0.25) is 0 Å². The van der Waals surface area contributed by atoms with Gasteiger partial charge in [-0.25, -0.2) is 4.98 Å². The molecule has 0 aliphatic heterocycles. The number of carbonyl (C=O) groups is 1. The van der Waals surface area contributed by atoms with E-state index in [4.69, 9.17) is 4.74 Å². The van der Waals surface area contributed by atoms with E-state index in [1.54, 1.807) is 12.3 Å². The fourth-order valence-corrected chi connectivity index (χ4v) is 2.45. The first-order valence-electron chi connectivity index (χ1n) is 7.81. The van der Waals surface area contributed by atoms with Crippen LogP contribution in [0.25, 0.3) is 0 Å². The Hall–Kier alpha value is -2.15. The molecule has 0 aromatic carbocycles. The maximum Gasteiger partial charge on any atom is 0.262 e. The van der Waals surface area contributed by atoms with Gasteiger partial charge in [0, 0.05) is 24.5 Å². The van der Waals surface area contributed by atoms with Crippen LogP contribution in [0.3, 0.4) is 0 Å². The van der Waals surface area contributed by atoms with Crippen molar-refractivity contribution in [3.05, 3.63) is 56.5 Å². The van der Waals surface area contributed by atoms with E-state index in [1.165, 1.54) is 6.20 Å². The van der Waals surface area contributed by atoms with Crippen LogP contribution in [0, 0.1) is 0 Å². The third-order valence-electron chi connectivity index (χ3n) is 3.39. The lowest BCUT2D eigenvalue weighted by Gasteiger charge is -2.11. The van der Waals surface area contributed by atoms with Gasteiger partial charge in [0.1, 0.15) is 0 Å². The van der Waals surface area contributed by atoms with Crippen LogP contribution >= 0.6 is 15.9 Å². The summed E-state index contributed by atoms with van der Waals surface area (Å²) in [7, 11) is 0. The van der Waals surface area contributed by atoms with Crippen LogP contribution < -0.4 is 15.6 Å². The van der Waals surface area contributed by atoms with Gasteiger partial charge >= 0.3 is 0 Å². The zero-order valence-electron chi connectivity index (χ0n) is 13.5.